The van der Waals surface area contributed by atoms with Crippen molar-refractivity contribution in [2.24, 2.45) is 5.92 Å². The first-order chi connectivity index (χ1) is 8.78. The Bertz CT molecular complexity index is 501. The highest BCUT2D eigenvalue weighted by atomic mass is 16.6. The molecule has 1 aliphatic carbocycles. The van der Waals surface area contributed by atoms with E-state index in [1.165, 1.54) is 12.1 Å². The van der Waals surface area contributed by atoms with Crippen LogP contribution in [0.15, 0.2) is 24.3 Å². The van der Waals surface area contributed by atoms with Gasteiger partial charge in [-0.1, -0.05) is 12.1 Å². The predicted molar refractivity (Wildman–Crippen MR) is 69.8 cm³/mol. The SMILES string of the molecule is CC(C)(C)OC(=O)[C@@H]1C[C@H]1c1ccc([N+](=O)[O-])cc1. The molecule has 0 amide bonds. The standard InChI is InChI=1S/C14H17NO4/c1-14(2,3)19-13(16)12-8-11(12)9-4-6-10(7-5-9)15(17)18/h4-7,11-12H,8H2,1-3H3/t11-,12+/m0/s1. The molecule has 0 spiro atoms. The quantitative estimate of drug-likeness (QED) is 0.477. The molecule has 2 atom stereocenters. The molecule has 0 saturated heterocycles. The van der Waals surface area contributed by atoms with E-state index in [9.17, 15) is 14.9 Å². The second-order valence-corrected chi connectivity index (χ2v) is 5.83. The van der Waals surface area contributed by atoms with Gasteiger partial charge in [-0.15, -0.1) is 0 Å². The zero-order valence-electron chi connectivity index (χ0n) is 11.3. The van der Waals surface area contributed by atoms with Gasteiger partial charge in [0.2, 0.25) is 0 Å². The smallest absolute Gasteiger partial charge is 0.310 e. The first-order valence-corrected chi connectivity index (χ1v) is 6.25. The van der Waals surface area contributed by atoms with Gasteiger partial charge < -0.3 is 4.74 Å². The van der Waals surface area contributed by atoms with Gasteiger partial charge in [0.15, 0.2) is 0 Å². The number of carbonyl (C=O) groups is 1. The number of nitro groups is 1. The topological polar surface area (TPSA) is 69.4 Å². The number of nitro benzene ring substituents is 1. The lowest BCUT2D eigenvalue weighted by Gasteiger charge is -2.19. The minimum atomic E-state index is -0.473. The number of non-ortho nitro benzene ring substituents is 1. The van der Waals surface area contributed by atoms with Crippen LogP contribution < -0.4 is 0 Å². The monoisotopic (exact) mass is 263 g/mol. The number of hydrogen-bond donors (Lipinski definition) is 0. The molecular formula is C14H17NO4. The maximum absolute atomic E-state index is 11.8. The Morgan fingerprint density at radius 3 is 2.37 bits per heavy atom. The van der Waals surface area contributed by atoms with Gasteiger partial charge in [-0.25, -0.2) is 0 Å². The van der Waals surface area contributed by atoms with Crippen LogP contribution in [0.25, 0.3) is 0 Å². The van der Waals surface area contributed by atoms with E-state index in [2.05, 4.69) is 0 Å². The van der Waals surface area contributed by atoms with Crippen molar-refractivity contribution in [3.8, 4) is 0 Å². The molecule has 5 nitrogen and oxygen atoms in total. The van der Waals surface area contributed by atoms with E-state index >= 15 is 0 Å². The second-order valence-electron chi connectivity index (χ2n) is 5.83. The number of benzene rings is 1. The molecular weight excluding hydrogens is 246 g/mol. The van der Waals surface area contributed by atoms with Crippen LogP contribution in [0.1, 0.15) is 38.7 Å². The zero-order valence-corrected chi connectivity index (χ0v) is 11.3. The van der Waals surface area contributed by atoms with Crippen molar-refractivity contribution in [3.05, 3.63) is 39.9 Å². The van der Waals surface area contributed by atoms with E-state index in [1.807, 2.05) is 20.8 Å². The average Bonchev–Trinajstić information content (AvgIpc) is 3.06. The summed E-state index contributed by atoms with van der Waals surface area (Å²) in [6, 6.07) is 6.37. The third kappa shape index (κ3) is 3.30. The van der Waals surface area contributed by atoms with Gasteiger partial charge in [-0.3, -0.25) is 14.9 Å². The number of carbonyl (C=O) groups excluding carboxylic acids is 1. The van der Waals surface area contributed by atoms with Gasteiger partial charge in [0, 0.05) is 12.1 Å². The van der Waals surface area contributed by atoms with E-state index in [1.54, 1.807) is 12.1 Å². The zero-order chi connectivity index (χ0) is 14.2. The molecule has 19 heavy (non-hydrogen) atoms. The molecule has 0 bridgehead atoms. The summed E-state index contributed by atoms with van der Waals surface area (Å²) >= 11 is 0. The Labute approximate surface area is 111 Å². The van der Waals surface area contributed by atoms with Gasteiger partial charge in [-0.05, 0) is 38.7 Å². The third-order valence-corrected chi connectivity index (χ3v) is 3.03. The lowest BCUT2D eigenvalue weighted by atomic mass is 10.1. The van der Waals surface area contributed by atoms with E-state index in [-0.39, 0.29) is 23.5 Å². The van der Waals surface area contributed by atoms with Gasteiger partial charge in [0.05, 0.1) is 10.8 Å². The van der Waals surface area contributed by atoms with E-state index in [0.717, 1.165) is 12.0 Å². The number of rotatable bonds is 3. The van der Waals surface area contributed by atoms with Crippen LogP contribution in [0.5, 0.6) is 0 Å². The first-order valence-electron chi connectivity index (χ1n) is 6.25. The number of hydrogen-bond acceptors (Lipinski definition) is 4. The van der Waals surface area contributed by atoms with E-state index < -0.39 is 10.5 Å². The summed E-state index contributed by atoms with van der Waals surface area (Å²) in [6.07, 6.45) is 0.757. The van der Waals surface area contributed by atoms with Crippen LogP contribution in [-0.4, -0.2) is 16.5 Å². The Balaban J connectivity index is 1.99. The van der Waals surface area contributed by atoms with Crippen molar-refractivity contribution >= 4 is 11.7 Å². The third-order valence-electron chi connectivity index (χ3n) is 3.03. The fraction of sp³-hybridized carbons (Fsp3) is 0.500. The molecule has 1 fully saturated rings. The molecule has 0 heterocycles. The van der Waals surface area contributed by atoms with E-state index in [0.29, 0.717) is 0 Å². The lowest BCUT2D eigenvalue weighted by molar-refractivity contribution is -0.384. The fourth-order valence-electron chi connectivity index (χ4n) is 2.04. The van der Waals surface area contributed by atoms with Crippen LogP contribution in [0.4, 0.5) is 5.69 Å². The highest BCUT2D eigenvalue weighted by Gasteiger charge is 2.46. The molecule has 0 N–H and O–H groups in total. The molecule has 2 rings (SSSR count). The average molecular weight is 263 g/mol. The maximum Gasteiger partial charge on any atom is 0.310 e. The van der Waals surface area contributed by atoms with Crippen LogP contribution in [0.2, 0.25) is 0 Å². The Hall–Kier alpha value is -1.91. The lowest BCUT2D eigenvalue weighted by Crippen LogP contribution is -2.25. The summed E-state index contributed by atoms with van der Waals surface area (Å²) < 4.78 is 5.33. The van der Waals surface area contributed by atoms with E-state index in [4.69, 9.17) is 4.74 Å². The second kappa shape index (κ2) is 4.64. The summed E-state index contributed by atoms with van der Waals surface area (Å²) in [5.74, 6) is -0.160. The van der Waals surface area contributed by atoms with Crippen molar-refractivity contribution in [1.29, 1.82) is 0 Å². The molecule has 1 aliphatic rings. The molecule has 1 aromatic carbocycles. The minimum absolute atomic E-state index is 0.0678. The summed E-state index contributed by atoms with van der Waals surface area (Å²) in [7, 11) is 0. The molecule has 0 aliphatic heterocycles. The summed E-state index contributed by atoms with van der Waals surface area (Å²) in [5, 5.41) is 10.6. The van der Waals surface area contributed by atoms with Gasteiger partial charge >= 0.3 is 5.97 Å². The maximum atomic E-state index is 11.8. The summed E-state index contributed by atoms with van der Waals surface area (Å²) in [4.78, 5) is 22.0. The fourth-order valence-corrected chi connectivity index (χ4v) is 2.04. The van der Waals surface area contributed by atoms with Crippen molar-refractivity contribution in [2.45, 2.75) is 38.7 Å². The molecule has 0 aromatic heterocycles. The van der Waals surface area contributed by atoms with Gasteiger partial charge in [0.1, 0.15) is 5.60 Å². The van der Waals surface area contributed by atoms with Crippen molar-refractivity contribution < 1.29 is 14.5 Å². The van der Waals surface area contributed by atoms with Crippen LogP contribution >= 0.6 is 0 Å². The summed E-state index contributed by atoms with van der Waals surface area (Å²) in [6.45, 7) is 5.52. The highest BCUT2D eigenvalue weighted by molar-refractivity contribution is 5.77. The molecule has 1 saturated carbocycles. The first kappa shape index (κ1) is 13.5. The Morgan fingerprint density at radius 1 is 1.32 bits per heavy atom. The van der Waals surface area contributed by atoms with Crippen LogP contribution in [-0.2, 0) is 9.53 Å². The van der Waals surface area contributed by atoms with Gasteiger partial charge in [0.25, 0.3) is 5.69 Å². The Morgan fingerprint density at radius 2 is 1.89 bits per heavy atom. The molecule has 5 heteroatoms. The molecule has 1 aromatic rings. The van der Waals surface area contributed by atoms with Gasteiger partial charge in [-0.2, -0.15) is 0 Å². The number of nitrogens with zero attached hydrogens (tertiary/aromatic N) is 1. The normalized spacial score (nSPS) is 21.8. The predicted octanol–water partition coefficient (Wildman–Crippen LogP) is 3.04. The van der Waals surface area contributed by atoms with Crippen molar-refractivity contribution in [3.63, 3.8) is 0 Å². The number of ether oxygens (including phenoxy) is 1. The van der Waals surface area contributed by atoms with Crippen LogP contribution in [0, 0.1) is 16.0 Å². The molecule has 0 unspecified atom stereocenters. The number of esters is 1. The summed E-state index contributed by atoms with van der Waals surface area (Å²) in [5.41, 5.74) is 0.555. The van der Waals surface area contributed by atoms with Crippen molar-refractivity contribution in [2.75, 3.05) is 0 Å². The Kier molecular flexibility index (Phi) is 3.30. The molecule has 0 radical (unpaired) electrons. The van der Waals surface area contributed by atoms with Crippen molar-refractivity contribution in [1.82, 2.24) is 0 Å². The minimum Gasteiger partial charge on any atom is -0.460 e. The van der Waals surface area contributed by atoms with Crippen LogP contribution in [0.3, 0.4) is 0 Å². The largest absolute Gasteiger partial charge is 0.460 e. The highest BCUT2D eigenvalue weighted by Crippen LogP contribution is 2.48. The molecule has 102 valence electrons.